The van der Waals surface area contributed by atoms with E-state index in [-0.39, 0.29) is 11.3 Å². The fourth-order valence-corrected chi connectivity index (χ4v) is 2.14. The number of nitrogens with one attached hydrogen (secondary N) is 1. The van der Waals surface area contributed by atoms with Gasteiger partial charge in [0.1, 0.15) is 0 Å². The largest absolute Gasteiger partial charge is 0.494 e. The number of rotatable bonds is 5. The summed E-state index contributed by atoms with van der Waals surface area (Å²) < 4.78 is 23.8. The Morgan fingerprint density at radius 2 is 1.96 bits per heavy atom. The van der Waals surface area contributed by atoms with E-state index in [0.717, 1.165) is 6.07 Å². The molecule has 0 atom stereocenters. The van der Waals surface area contributed by atoms with E-state index in [9.17, 15) is 14.0 Å². The van der Waals surface area contributed by atoms with Crippen LogP contribution in [0, 0.1) is 5.82 Å². The Bertz CT molecular complexity index is 736. The van der Waals surface area contributed by atoms with Gasteiger partial charge in [0.25, 0.3) is 5.91 Å². The van der Waals surface area contributed by atoms with Crippen LogP contribution >= 0.6 is 15.9 Å². The highest BCUT2D eigenvalue weighted by Crippen LogP contribution is 2.21. The van der Waals surface area contributed by atoms with E-state index in [4.69, 9.17) is 9.47 Å². The Labute approximate surface area is 140 Å². The van der Waals surface area contributed by atoms with Crippen molar-refractivity contribution >= 4 is 33.5 Å². The molecule has 2 aromatic carbocycles. The third kappa shape index (κ3) is 4.53. The van der Waals surface area contributed by atoms with Crippen LogP contribution in [-0.4, -0.2) is 25.6 Å². The number of anilines is 1. The normalized spacial score (nSPS) is 10.0. The van der Waals surface area contributed by atoms with Crippen molar-refractivity contribution < 1.29 is 23.5 Å². The second kappa shape index (κ2) is 7.73. The maximum Gasteiger partial charge on any atom is 0.338 e. The molecule has 0 saturated carbocycles. The summed E-state index contributed by atoms with van der Waals surface area (Å²) in [6.07, 6.45) is 0. The standard InChI is InChI=1S/C16H13BrFNO4/c1-22-14-7-6-10(8-12(14)18)16(21)23-9-15(20)19-13-5-3-2-4-11(13)17/h2-8H,9H2,1H3,(H,19,20). The van der Waals surface area contributed by atoms with Crippen molar-refractivity contribution in [2.75, 3.05) is 19.0 Å². The average Bonchev–Trinajstić information content (AvgIpc) is 2.54. The molecular weight excluding hydrogens is 369 g/mol. The summed E-state index contributed by atoms with van der Waals surface area (Å²) in [7, 11) is 1.32. The quantitative estimate of drug-likeness (QED) is 0.806. The molecule has 5 nitrogen and oxygen atoms in total. The van der Waals surface area contributed by atoms with Gasteiger partial charge in [0.15, 0.2) is 18.2 Å². The molecule has 0 aliphatic heterocycles. The number of ether oxygens (including phenoxy) is 2. The summed E-state index contributed by atoms with van der Waals surface area (Å²) in [5, 5.41) is 2.59. The van der Waals surface area contributed by atoms with Crippen LogP contribution in [0.5, 0.6) is 5.75 Å². The Morgan fingerprint density at radius 3 is 2.61 bits per heavy atom. The summed E-state index contributed by atoms with van der Waals surface area (Å²) in [6.45, 7) is -0.478. The minimum absolute atomic E-state index is 0.00279. The van der Waals surface area contributed by atoms with Gasteiger partial charge in [0.05, 0.1) is 18.4 Å². The molecule has 120 valence electrons. The van der Waals surface area contributed by atoms with Crippen LogP contribution < -0.4 is 10.1 Å². The number of hydrogen-bond donors (Lipinski definition) is 1. The summed E-state index contributed by atoms with van der Waals surface area (Å²) in [6, 6.07) is 10.7. The highest BCUT2D eigenvalue weighted by atomic mass is 79.9. The van der Waals surface area contributed by atoms with Crippen molar-refractivity contribution in [1.29, 1.82) is 0 Å². The third-order valence-corrected chi connectivity index (χ3v) is 3.56. The van der Waals surface area contributed by atoms with Crippen molar-refractivity contribution in [2.45, 2.75) is 0 Å². The van der Waals surface area contributed by atoms with E-state index in [1.54, 1.807) is 24.3 Å². The zero-order valence-corrected chi connectivity index (χ0v) is 13.7. The maximum absolute atomic E-state index is 13.5. The number of esters is 1. The molecule has 2 rings (SSSR count). The van der Waals surface area contributed by atoms with Crippen LogP contribution in [0.15, 0.2) is 46.9 Å². The van der Waals surface area contributed by atoms with E-state index < -0.39 is 24.3 Å². The number of carbonyl (C=O) groups excluding carboxylic acids is 2. The molecule has 0 aromatic heterocycles. The first-order chi connectivity index (χ1) is 11.0. The molecule has 0 heterocycles. The van der Waals surface area contributed by atoms with Gasteiger partial charge in [0.2, 0.25) is 0 Å². The summed E-state index contributed by atoms with van der Waals surface area (Å²) in [5.41, 5.74) is 0.557. The van der Waals surface area contributed by atoms with Gasteiger partial charge in [-0.2, -0.15) is 0 Å². The Morgan fingerprint density at radius 1 is 1.22 bits per heavy atom. The molecular formula is C16H13BrFNO4. The summed E-state index contributed by atoms with van der Waals surface area (Å²) >= 11 is 3.29. The third-order valence-electron chi connectivity index (χ3n) is 2.87. The van der Waals surface area contributed by atoms with Crippen LogP contribution in [-0.2, 0) is 9.53 Å². The number of hydrogen-bond acceptors (Lipinski definition) is 4. The lowest BCUT2D eigenvalue weighted by Crippen LogP contribution is -2.21. The van der Waals surface area contributed by atoms with E-state index >= 15 is 0 Å². The highest BCUT2D eigenvalue weighted by Gasteiger charge is 2.13. The molecule has 0 unspecified atom stereocenters. The van der Waals surface area contributed by atoms with Gasteiger partial charge in [-0.25, -0.2) is 9.18 Å². The SMILES string of the molecule is COc1ccc(C(=O)OCC(=O)Nc2ccccc2Br)cc1F. The number of para-hydroxylation sites is 1. The minimum atomic E-state index is -0.797. The first-order valence-corrected chi connectivity index (χ1v) is 7.35. The van der Waals surface area contributed by atoms with E-state index in [2.05, 4.69) is 21.2 Å². The molecule has 1 N–H and O–H groups in total. The zero-order chi connectivity index (χ0) is 16.8. The van der Waals surface area contributed by atoms with Crippen molar-refractivity contribution in [1.82, 2.24) is 0 Å². The first kappa shape index (κ1) is 17.0. The predicted octanol–water partition coefficient (Wildman–Crippen LogP) is 3.39. The van der Waals surface area contributed by atoms with Gasteiger partial charge in [-0.15, -0.1) is 0 Å². The van der Waals surface area contributed by atoms with Crippen LogP contribution in [0.4, 0.5) is 10.1 Å². The van der Waals surface area contributed by atoms with Crippen molar-refractivity contribution in [2.24, 2.45) is 0 Å². The molecule has 0 bridgehead atoms. The number of amides is 1. The number of methoxy groups -OCH3 is 1. The smallest absolute Gasteiger partial charge is 0.338 e. The van der Waals surface area contributed by atoms with Gasteiger partial charge in [-0.05, 0) is 46.3 Å². The minimum Gasteiger partial charge on any atom is -0.494 e. The second-order valence-corrected chi connectivity index (χ2v) is 5.31. The molecule has 0 aliphatic carbocycles. The molecule has 1 amide bonds. The monoisotopic (exact) mass is 381 g/mol. The lowest BCUT2D eigenvalue weighted by molar-refractivity contribution is -0.119. The second-order valence-electron chi connectivity index (χ2n) is 4.45. The number of halogens is 2. The molecule has 0 fully saturated rings. The van der Waals surface area contributed by atoms with Gasteiger partial charge in [-0.3, -0.25) is 4.79 Å². The first-order valence-electron chi connectivity index (χ1n) is 6.56. The van der Waals surface area contributed by atoms with Crippen LogP contribution in [0.25, 0.3) is 0 Å². The van der Waals surface area contributed by atoms with E-state index in [0.29, 0.717) is 10.2 Å². The highest BCUT2D eigenvalue weighted by molar-refractivity contribution is 9.10. The van der Waals surface area contributed by atoms with Crippen LogP contribution in [0.2, 0.25) is 0 Å². The van der Waals surface area contributed by atoms with E-state index in [1.165, 1.54) is 19.2 Å². The molecule has 7 heteroatoms. The topological polar surface area (TPSA) is 64.6 Å². The fourth-order valence-electron chi connectivity index (χ4n) is 1.76. The zero-order valence-electron chi connectivity index (χ0n) is 12.1. The van der Waals surface area contributed by atoms with Gasteiger partial charge in [-0.1, -0.05) is 12.1 Å². The van der Waals surface area contributed by atoms with Gasteiger partial charge in [0, 0.05) is 4.47 Å². The van der Waals surface area contributed by atoms with Crippen molar-refractivity contribution in [3.8, 4) is 5.75 Å². The average molecular weight is 382 g/mol. The molecule has 2 aromatic rings. The Kier molecular flexibility index (Phi) is 5.70. The van der Waals surface area contributed by atoms with Gasteiger partial charge < -0.3 is 14.8 Å². The molecule has 0 saturated heterocycles. The van der Waals surface area contributed by atoms with Gasteiger partial charge >= 0.3 is 5.97 Å². The molecule has 23 heavy (non-hydrogen) atoms. The number of carbonyl (C=O) groups is 2. The Balaban J connectivity index is 1.92. The van der Waals surface area contributed by atoms with E-state index in [1.807, 2.05) is 0 Å². The molecule has 0 aliphatic rings. The summed E-state index contributed by atoms with van der Waals surface area (Å²) in [4.78, 5) is 23.6. The van der Waals surface area contributed by atoms with Crippen LogP contribution in [0.1, 0.15) is 10.4 Å². The van der Waals surface area contributed by atoms with Crippen LogP contribution in [0.3, 0.4) is 0 Å². The lowest BCUT2D eigenvalue weighted by Gasteiger charge is -2.08. The summed E-state index contributed by atoms with van der Waals surface area (Å²) in [5.74, 6) is -1.96. The van der Waals surface area contributed by atoms with Crippen molar-refractivity contribution in [3.05, 3.63) is 58.3 Å². The Hall–Kier alpha value is -2.41. The molecule has 0 spiro atoms. The fraction of sp³-hybridized carbons (Fsp3) is 0.125. The molecule has 0 radical (unpaired) electrons. The maximum atomic E-state index is 13.5. The lowest BCUT2D eigenvalue weighted by atomic mass is 10.2. The predicted molar refractivity (Wildman–Crippen MR) is 86.0 cm³/mol. The van der Waals surface area contributed by atoms with Crippen molar-refractivity contribution in [3.63, 3.8) is 0 Å². The number of benzene rings is 2.